The number of carboxylic acids is 1. The Bertz CT molecular complexity index is 1390. The van der Waals surface area contributed by atoms with Gasteiger partial charge in [0.05, 0.1) is 6.54 Å². The molecule has 3 aromatic rings. The standard InChI is InChI=1S/C22H21ClN4O5S2/c1-25-21(24)14-4-2-13(3-5-14)10-27-17(22(29)30)11-26(12-19(27)28)34(31,32)20-8-15-6-7-16(23)9-18(15)33-20/h2-9,17H,10-12H2,1H3,(H2,24,25)(H,29,30)/t17-/m1/s1. The highest BCUT2D eigenvalue weighted by molar-refractivity contribution is 7.91. The second-order valence-electron chi connectivity index (χ2n) is 7.74. The molecule has 0 bridgehead atoms. The van der Waals surface area contributed by atoms with Crippen LogP contribution in [0.2, 0.25) is 5.02 Å². The van der Waals surface area contributed by atoms with Crippen LogP contribution >= 0.6 is 22.9 Å². The zero-order chi connectivity index (χ0) is 24.6. The first kappa shape index (κ1) is 24.1. The van der Waals surface area contributed by atoms with Crippen LogP contribution in [0.4, 0.5) is 0 Å². The van der Waals surface area contributed by atoms with Gasteiger partial charge in [0, 0.05) is 35.4 Å². The molecule has 3 N–H and O–H groups in total. The highest BCUT2D eigenvalue weighted by Gasteiger charge is 2.42. The van der Waals surface area contributed by atoms with E-state index in [9.17, 15) is 23.1 Å². The Morgan fingerprint density at radius 1 is 1.24 bits per heavy atom. The minimum atomic E-state index is -4.08. The summed E-state index contributed by atoms with van der Waals surface area (Å²) in [4.78, 5) is 26.1. The van der Waals surface area contributed by atoms with Gasteiger partial charge in [0.25, 0.3) is 10.0 Å². The van der Waals surface area contributed by atoms with Gasteiger partial charge in [-0.15, -0.1) is 11.3 Å². The summed E-state index contributed by atoms with van der Waals surface area (Å²) in [6.45, 7) is -0.803. The van der Waals surface area contributed by atoms with Gasteiger partial charge in [-0.1, -0.05) is 41.9 Å². The van der Waals surface area contributed by atoms with Crippen LogP contribution in [0.15, 0.2) is 52.7 Å². The molecule has 1 saturated heterocycles. The van der Waals surface area contributed by atoms with Crippen LogP contribution in [0, 0.1) is 5.41 Å². The maximum atomic E-state index is 13.3. The van der Waals surface area contributed by atoms with Gasteiger partial charge in [-0.05, 0) is 29.1 Å². The lowest BCUT2D eigenvalue weighted by atomic mass is 10.1. The van der Waals surface area contributed by atoms with Crippen molar-refractivity contribution < 1.29 is 23.1 Å². The van der Waals surface area contributed by atoms with Gasteiger partial charge < -0.3 is 15.3 Å². The lowest BCUT2D eigenvalue weighted by Gasteiger charge is -2.38. The fourth-order valence-electron chi connectivity index (χ4n) is 3.72. The number of hydrogen-bond acceptors (Lipinski definition) is 6. The third-order valence-corrected chi connectivity index (χ3v) is 9.16. The largest absolute Gasteiger partial charge is 0.480 e. The summed E-state index contributed by atoms with van der Waals surface area (Å²) in [5.74, 6) is -1.66. The van der Waals surface area contributed by atoms with Crippen molar-refractivity contribution in [2.75, 3.05) is 20.1 Å². The van der Waals surface area contributed by atoms with Crippen LogP contribution in [0.25, 0.3) is 10.1 Å². The van der Waals surface area contributed by atoms with E-state index in [1.807, 2.05) is 0 Å². The summed E-state index contributed by atoms with van der Waals surface area (Å²) in [7, 11) is -2.45. The zero-order valence-electron chi connectivity index (χ0n) is 18.0. The molecule has 1 atom stereocenters. The van der Waals surface area contributed by atoms with Crippen molar-refractivity contribution in [1.82, 2.24) is 14.5 Å². The average molecular weight is 521 g/mol. The van der Waals surface area contributed by atoms with E-state index in [1.54, 1.807) is 49.5 Å². The molecule has 1 amide bonds. The maximum Gasteiger partial charge on any atom is 0.327 e. The molecule has 4 rings (SSSR count). The summed E-state index contributed by atoms with van der Waals surface area (Å²) < 4.78 is 28.2. The SMILES string of the molecule is CNC(=N)c1ccc(CN2C(=O)CN(S(=O)(=O)c3cc4ccc(Cl)cc4s3)C[C@@H]2C(=O)O)cc1. The summed E-state index contributed by atoms with van der Waals surface area (Å²) >= 11 is 7.02. The first-order chi connectivity index (χ1) is 16.1. The van der Waals surface area contributed by atoms with Gasteiger partial charge in [-0.2, -0.15) is 4.31 Å². The molecular weight excluding hydrogens is 500 g/mol. The van der Waals surface area contributed by atoms with Crippen molar-refractivity contribution >= 4 is 60.8 Å². The molecule has 2 aromatic carbocycles. The molecule has 0 aliphatic carbocycles. The first-order valence-electron chi connectivity index (χ1n) is 10.2. The van der Waals surface area contributed by atoms with E-state index in [1.165, 1.54) is 11.0 Å². The topological polar surface area (TPSA) is 131 Å². The maximum absolute atomic E-state index is 13.3. The van der Waals surface area contributed by atoms with E-state index in [0.717, 1.165) is 15.6 Å². The number of piperazine rings is 1. The van der Waals surface area contributed by atoms with E-state index >= 15 is 0 Å². The smallest absolute Gasteiger partial charge is 0.327 e. The number of thiophene rings is 1. The molecule has 0 radical (unpaired) electrons. The Hall–Kier alpha value is -2.99. The highest BCUT2D eigenvalue weighted by Crippen LogP contribution is 2.33. The summed E-state index contributed by atoms with van der Waals surface area (Å²) in [5, 5.41) is 21.5. The number of fused-ring (bicyclic) bond motifs is 1. The van der Waals surface area contributed by atoms with E-state index in [-0.39, 0.29) is 23.1 Å². The zero-order valence-corrected chi connectivity index (χ0v) is 20.4. The molecule has 1 aliphatic rings. The molecule has 178 valence electrons. The summed E-state index contributed by atoms with van der Waals surface area (Å²) in [5.41, 5.74) is 1.32. The number of halogens is 1. The van der Waals surface area contributed by atoms with Crippen LogP contribution in [0.5, 0.6) is 0 Å². The Balaban J connectivity index is 1.57. The van der Waals surface area contributed by atoms with Crippen molar-refractivity contribution in [2.45, 2.75) is 16.8 Å². The third-order valence-electron chi connectivity index (χ3n) is 5.57. The molecule has 0 spiro atoms. The normalized spacial score (nSPS) is 17.2. The summed E-state index contributed by atoms with van der Waals surface area (Å²) in [6, 6.07) is 12.0. The number of nitrogens with one attached hydrogen (secondary N) is 2. The number of amides is 1. The number of amidine groups is 1. The fourth-order valence-corrected chi connectivity index (χ4v) is 6.94. The van der Waals surface area contributed by atoms with Crippen molar-refractivity contribution in [3.63, 3.8) is 0 Å². The molecule has 2 heterocycles. The minimum absolute atomic E-state index is 0.0121. The number of rotatable bonds is 6. The van der Waals surface area contributed by atoms with Crippen LogP contribution < -0.4 is 5.32 Å². The fraction of sp³-hybridized carbons (Fsp3) is 0.227. The van der Waals surface area contributed by atoms with Gasteiger partial charge >= 0.3 is 5.97 Å². The van der Waals surface area contributed by atoms with Gasteiger partial charge in [-0.25, -0.2) is 13.2 Å². The Labute approximate surface area is 205 Å². The lowest BCUT2D eigenvalue weighted by molar-refractivity contribution is -0.154. The number of aliphatic carboxylic acids is 1. The predicted molar refractivity (Wildman–Crippen MR) is 130 cm³/mol. The van der Waals surface area contributed by atoms with Gasteiger partial charge in [0.15, 0.2) is 0 Å². The lowest BCUT2D eigenvalue weighted by Crippen LogP contribution is -2.59. The quantitative estimate of drug-likeness (QED) is 0.338. The average Bonchev–Trinajstić information content (AvgIpc) is 3.24. The molecule has 12 heteroatoms. The Morgan fingerprint density at radius 2 is 1.94 bits per heavy atom. The molecular formula is C22H21ClN4O5S2. The number of benzene rings is 2. The Kier molecular flexibility index (Phi) is 6.63. The number of nitrogens with zero attached hydrogens (tertiary/aromatic N) is 2. The molecule has 0 saturated carbocycles. The monoisotopic (exact) mass is 520 g/mol. The van der Waals surface area contributed by atoms with E-state index < -0.39 is 34.5 Å². The van der Waals surface area contributed by atoms with Crippen molar-refractivity contribution in [3.05, 3.63) is 64.7 Å². The van der Waals surface area contributed by atoms with E-state index in [4.69, 9.17) is 17.0 Å². The van der Waals surface area contributed by atoms with Crippen LogP contribution in [-0.4, -0.2) is 66.6 Å². The Morgan fingerprint density at radius 3 is 2.59 bits per heavy atom. The predicted octanol–water partition coefficient (Wildman–Crippen LogP) is 2.59. The second kappa shape index (κ2) is 9.34. The highest BCUT2D eigenvalue weighted by atomic mass is 35.5. The number of carbonyl (C=O) groups excluding carboxylic acids is 1. The second-order valence-corrected chi connectivity index (χ2v) is 11.4. The molecule has 9 nitrogen and oxygen atoms in total. The van der Waals surface area contributed by atoms with Gasteiger partial charge in [0.2, 0.25) is 5.91 Å². The third kappa shape index (κ3) is 4.64. The summed E-state index contributed by atoms with van der Waals surface area (Å²) in [6.07, 6.45) is 0. The van der Waals surface area contributed by atoms with Crippen LogP contribution in [0.1, 0.15) is 11.1 Å². The van der Waals surface area contributed by atoms with E-state index in [0.29, 0.717) is 26.2 Å². The number of sulfonamides is 1. The molecule has 0 unspecified atom stereocenters. The van der Waals surface area contributed by atoms with Crippen molar-refractivity contribution in [1.29, 1.82) is 5.41 Å². The van der Waals surface area contributed by atoms with Gasteiger partial charge in [0.1, 0.15) is 16.1 Å². The molecule has 1 aliphatic heterocycles. The van der Waals surface area contributed by atoms with Gasteiger partial charge in [-0.3, -0.25) is 10.2 Å². The van der Waals surface area contributed by atoms with Crippen LogP contribution in [0.3, 0.4) is 0 Å². The first-order valence-corrected chi connectivity index (χ1v) is 12.8. The number of carboxylic acid groups (broad SMARTS) is 1. The van der Waals surface area contributed by atoms with Crippen LogP contribution in [-0.2, 0) is 26.2 Å². The number of carbonyl (C=O) groups is 2. The van der Waals surface area contributed by atoms with E-state index in [2.05, 4.69) is 5.32 Å². The molecule has 1 aromatic heterocycles. The van der Waals surface area contributed by atoms with Crippen molar-refractivity contribution in [3.8, 4) is 0 Å². The minimum Gasteiger partial charge on any atom is -0.480 e. The molecule has 1 fully saturated rings. The van der Waals surface area contributed by atoms with Crippen molar-refractivity contribution in [2.24, 2.45) is 0 Å². The number of hydrogen-bond donors (Lipinski definition) is 3. The molecule has 34 heavy (non-hydrogen) atoms.